The van der Waals surface area contributed by atoms with Gasteiger partial charge in [-0.2, -0.15) is 0 Å². The third kappa shape index (κ3) is 2.70. The molecular formula is C16H19N3OS. The summed E-state index contributed by atoms with van der Waals surface area (Å²) in [7, 11) is 0. The van der Waals surface area contributed by atoms with Gasteiger partial charge in [0.05, 0.1) is 4.88 Å². The second kappa shape index (κ2) is 5.93. The van der Waals surface area contributed by atoms with Crippen molar-refractivity contribution < 1.29 is 4.79 Å². The van der Waals surface area contributed by atoms with Crippen molar-refractivity contribution in [2.45, 2.75) is 33.1 Å². The van der Waals surface area contributed by atoms with Crippen molar-refractivity contribution in [3.63, 3.8) is 0 Å². The van der Waals surface area contributed by atoms with Gasteiger partial charge in [0.25, 0.3) is 5.91 Å². The quantitative estimate of drug-likeness (QED) is 0.856. The first-order valence-corrected chi connectivity index (χ1v) is 8.23. The summed E-state index contributed by atoms with van der Waals surface area (Å²) >= 11 is 1.53. The molecule has 3 heterocycles. The molecule has 1 amide bonds. The summed E-state index contributed by atoms with van der Waals surface area (Å²) < 4.78 is 0. The van der Waals surface area contributed by atoms with Gasteiger partial charge in [-0.15, -0.1) is 11.3 Å². The van der Waals surface area contributed by atoms with Gasteiger partial charge in [-0.05, 0) is 42.3 Å². The average Bonchev–Trinajstić information content (AvgIpc) is 2.81. The van der Waals surface area contributed by atoms with E-state index in [-0.39, 0.29) is 5.91 Å². The van der Waals surface area contributed by atoms with E-state index < -0.39 is 0 Å². The third-order valence-electron chi connectivity index (χ3n) is 4.05. The molecule has 0 saturated carbocycles. The molecule has 1 aliphatic heterocycles. The highest BCUT2D eigenvalue weighted by Crippen LogP contribution is 2.21. The van der Waals surface area contributed by atoms with Gasteiger partial charge in [0, 0.05) is 30.9 Å². The molecule has 0 unspecified atom stereocenters. The van der Waals surface area contributed by atoms with Gasteiger partial charge in [0.15, 0.2) is 0 Å². The summed E-state index contributed by atoms with van der Waals surface area (Å²) in [4.78, 5) is 24.3. The van der Waals surface area contributed by atoms with Crippen molar-refractivity contribution in [2.24, 2.45) is 0 Å². The molecule has 1 aliphatic rings. The van der Waals surface area contributed by atoms with Crippen molar-refractivity contribution >= 4 is 17.2 Å². The van der Waals surface area contributed by atoms with Crippen LogP contribution in [-0.2, 0) is 19.3 Å². The number of thiophene rings is 1. The Bertz CT molecular complexity index is 665. The highest BCUT2D eigenvalue weighted by molar-refractivity contribution is 7.12. The van der Waals surface area contributed by atoms with Gasteiger partial charge in [-0.3, -0.25) is 4.79 Å². The number of hydrogen-bond acceptors (Lipinski definition) is 4. The second-order valence-corrected chi connectivity index (χ2v) is 6.24. The summed E-state index contributed by atoms with van der Waals surface area (Å²) in [5.41, 5.74) is 4.56. The van der Waals surface area contributed by atoms with Crippen molar-refractivity contribution in [3.8, 4) is 0 Å². The molecule has 0 radical (unpaired) electrons. The molecule has 4 nitrogen and oxygen atoms in total. The van der Waals surface area contributed by atoms with E-state index in [1.807, 2.05) is 23.3 Å². The van der Waals surface area contributed by atoms with Crippen LogP contribution < -0.4 is 0 Å². The zero-order valence-corrected chi connectivity index (χ0v) is 13.2. The lowest BCUT2D eigenvalue weighted by Crippen LogP contribution is -2.33. The SMILES string of the molecule is CCc1ncnc2c1CCN(C(=O)c1sccc1C)CC2. The van der Waals surface area contributed by atoms with Crippen LogP contribution in [-0.4, -0.2) is 33.9 Å². The lowest BCUT2D eigenvalue weighted by molar-refractivity contribution is 0.0767. The number of aromatic nitrogens is 2. The number of carbonyl (C=O) groups is 1. The van der Waals surface area contributed by atoms with Gasteiger partial charge >= 0.3 is 0 Å². The Kier molecular flexibility index (Phi) is 4.01. The minimum atomic E-state index is 0.154. The number of nitrogens with zero attached hydrogens (tertiary/aromatic N) is 3. The van der Waals surface area contributed by atoms with Crippen LogP contribution in [0.5, 0.6) is 0 Å². The standard InChI is InChI=1S/C16H19N3OS/c1-3-13-12-4-7-19(8-5-14(12)18-10-17-13)16(20)15-11(2)6-9-21-15/h6,9-10H,3-5,7-8H2,1-2H3. The van der Waals surface area contributed by atoms with Crippen LogP contribution in [0.15, 0.2) is 17.8 Å². The molecule has 2 aromatic heterocycles. The first kappa shape index (κ1) is 14.2. The Morgan fingerprint density at radius 3 is 2.86 bits per heavy atom. The second-order valence-electron chi connectivity index (χ2n) is 5.32. The molecule has 3 rings (SSSR count). The van der Waals surface area contributed by atoms with Crippen LogP contribution in [0.25, 0.3) is 0 Å². The van der Waals surface area contributed by atoms with Crippen LogP contribution >= 0.6 is 11.3 Å². The number of aryl methyl sites for hydroxylation is 2. The fourth-order valence-electron chi connectivity index (χ4n) is 2.84. The van der Waals surface area contributed by atoms with Crippen LogP contribution in [0.3, 0.4) is 0 Å². The molecule has 0 N–H and O–H groups in total. The molecule has 21 heavy (non-hydrogen) atoms. The van der Waals surface area contributed by atoms with Gasteiger partial charge in [0.2, 0.25) is 0 Å². The van der Waals surface area contributed by atoms with E-state index in [2.05, 4.69) is 16.9 Å². The maximum absolute atomic E-state index is 12.6. The van der Waals surface area contributed by atoms with Crippen LogP contribution in [0.4, 0.5) is 0 Å². The Labute approximate surface area is 128 Å². The van der Waals surface area contributed by atoms with Crippen LogP contribution in [0.2, 0.25) is 0 Å². The zero-order valence-electron chi connectivity index (χ0n) is 12.4. The third-order valence-corrected chi connectivity index (χ3v) is 5.06. The predicted molar refractivity (Wildman–Crippen MR) is 83.8 cm³/mol. The van der Waals surface area contributed by atoms with E-state index >= 15 is 0 Å². The van der Waals surface area contributed by atoms with Gasteiger partial charge in [0.1, 0.15) is 6.33 Å². The molecule has 0 aromatic carbocycles. The maximum atomic E-state index is 12.6. The normalized spacial score (nSPS) is 14.7. The average molecular weight is 301 g/mol. The molecule has 0 saturated heterocycles. The number of carbonyl (C=O) groups excluding carboxylic acids is 1. The molecule has 0 fully saturated rings. The number of hydrogen-bond donors (Lipinski definition) is 0. The topological polar surface area (TPSA) is 46.1 Å². The van der Waals surface area contributed by atoms with E-state index in [4.69, 9.17) is 0 Å². The Balaban J connectivity index is 1.82. The van der Waals surface area contributed by atoms with Crippen molar-refractivity contribution in [1.29, 1.82) is 0 Å². The maximum Gasteiger partial charge on any atom is 0.264 e. The smallest absolute Gasteiger partial charge is 0.264 e. The highest BCUT2D eigenvalue weighted by Gasteiger charge is 2.23. The molecule has 110 valence electrons. The molecule has 5 heteroatoms. The lowest BCUT2D eigenvalue weighted by Gasteiger charge is -2.19. The van der Waals surface area contributed by atoms with E-state index in [9.17, 15) is 4.79 Å². The molecule has 2 aromatic rings. The first-order valence-electron chi connectivity index (χ1n) is 7.35. The zero-order chi connectivity index (χ0) is 14.8. The molecule has 0 atom stereocenters. The van der Waals surface area contributed by atoms with Gasteiger partial charge in [-0.1, -0.05) is 6.92 Å². The Hall–Kier alpha value is -1.75. The number of fused-ring (bicyclic) bond motifs is 1. The number of rotatable bonds is 2. The fourth-order valence-corrected chi connectivity index (χ4v) is 3.73. The first-order chi connectivity index (χ1) is 10.2. The summed E-state index contributed by atoms with van der Waals surface area (Å²) in [5, 5.41) is 1.98. The van der Waals surface area contributed by atoms with Crippen LogP contribution in [0, 0.1) is 6.92 Å². The Morgan fingerprint density at radius 2 is 2.14 bits per heavy atom. The predicted octanol–water partition coefficient (Wildman–Crippen LogP) is 2.65. The van der Waals surface area contributed by atoms with Crippen LogP contribution in [0.1, 0.15) is 39.1 Å². The summed E-state index contributed by atoms with van der Waals surface area (Å²) in [6, 6.07) is 2.01. The van der Waals surface area contributed by atoms with E-state index in [1.54, 1.807) is 6.33 Å². The summed E-state index contributed by atoms with van der Waals surface area (Å²) in [6.07, 6.45) is 4.25. The molecule has 0 bridgehead atoms. The van der Waals surface area contributed by atoms with Crippen molar-refractivity contribution in [2.75, 3.05) is 13.1 Å². The molecule has 0 spiro atoms. The van der Waals surface area contributed by atoms with Crippen molar-refractivity contribution in [3.05, 3.63) is 45.2 Å². The highest BCUT2D eigenvalue weighted by atomic mass is 32.1. The number of amides is 1. The van der Waals surface area contributed by atoms with Crippen molar-refractivity contribution in [1.82, 2.24) is 14.9 Å². The lowest BCUT2D eigenvalue weighted by atomic mass is 10.1. The minimum absolute atomic E-state index is 0.154. The molecular weight excluding hydrogens is 282 g/mol. The summed E-state index contributed by atoms with van der Waals surface area (Å²) in [5.74, 6) is 0.154. The summed E-state index contributed by atoms with van der Waals surface area (Å²) in [6.45, 7) is 5.61. The largest absolute Gasteiger partial charge is 0.337 e. The van der Waals surface area contributed by atoms with Gasteiger partial charge < -0.3 is 4.90 Å². The Morgan fingerprint density at radius 1 is 1.33 bits per heavy atom. The van der Waals surface area contributed by atoms with Gasteiger partial charge in [-0.25, -0.2) is 9.97 Å². The monoisotopic (exact) mass is 301 g/mol. The van der Waals surface area contributed by atoms with E-state index in [0.29, 0.717) is 0 Å². The van der Waals surface area contributed by atoms with E-state index in [0.717, 1.165) is 54.2 Å². The molecule has 0 aliphatic carbocycles. The van der Waals surface area contributed by atoms with E-state index in [1.165, 1.54) is 16.9 Å². The minimum Gasteiger partial charge on any atom is -0.337 e. The fraction of sp³-hybridized carbons (Fsp3) is 0.438.